The SMILES string of the molecule is CC(C)(C)c1ccc(CN2CCC(C(N)C(=O)O)CC2)cc1. The van der Waals surface area contributed by atoms with E-state index in [1.54, 1.807) is 0 Å². The van der Waals surface area contributed by atoms with Crippen molar-refractivity contribution in [3.63, 3.8) is 0 Å². The molecule has 1 heterocycles. The second-order valence-corrected chi connectivity index (χ2v) is 7.42. The molecule has 0 spiro atoms. The number of carbonyl (C=O) groups is 1. The van der Waals surface area contributed by atoms with Gasteiger partial charge in [0, 0.05) is 6.54 Å². The third kappa shape index (κ3) is 4.31. The first-order valence-corrected chi connectivity index (χ1v) is 8.07. The zero-order valence-electron chi connectivity index (χ0n) is 13.9. The van der Waals surface area contributed by atoms with Gasteiger partial charge in [0.25, 0.3) is 0 Å². The molecule has 2 rings (SSSR count). The number of nitrogens with two attached hydrogens (primary N) is 1. The largest absolute Gasteiger partial charge is 0.480 e. The average molecular weight is 304 g/mol. The van der Waals surface area contributed by atoms with E-state index in [4.69, 9.17) is 10.8 Å². The molecule has 1 aromatic carbocycles. The monoisotopic (exact) mass is 304 g/mol. The van der Waals surface area contributed by atoms with Crippen molar-refractivity contribution in [1.82, 2.24) is 4.90 Å². The third-order valence-corrected chi connectivity index (χ3v) is 4.65. The molecule has 0 amide bonds. The molecule has 1 atom stereocenters. The molecule has 3 N–H and O–H groups in total. The molecule has 1 aromatic rings. The number of aliphatic carboxylic acids is 1. The highest BCUT2D eigenvalue weighted by molar-refractivity contribution is 5.73. The number of carboxylic acids is 1. The molecular weight excluding hydrogens is 276 g/mol. The molecule has 0 bridgehead atoms. The van der Waals surface area contributed by atoms with Crippen LogP contribution in [-0.4, -0.2) is 35.1 Å². The van der Waals surface area contributed by atoms with Crippen molar-refractivity contribution in [3.8, 4) is 0 Å². The molecular formula is C18H28N2O2. The number of benzene rings is 1. The van der Waals surface area contributed by atoms with E-state index < -0.39 is 12.0 Å². The summed E-state index contributed by atoms with van der Waals surface area (Å²) >= 11 is 0. The normalized spacial score (nSPS) is 19.1. The Hall–Kier alpha value is -1.39. The molecule has 1 saturated heterocycles. The fourth-order valence-corrected chi connectivity index (χ4v) is 3.04. The van der Waals surface area contributed by atoms with Gasteiger partial charge in [0.15, 0.2) is 0 Å². The van der Waals surface area contributed by atoms with Crippen LogP contribution in [0.3, 0.4) is 0 Å². The third-order valence-electron chi connectivity index (χ3n) is 4.65. The van der Waals surface area contributed by atoms with Crippen LogP contribution in [0.25, 0.3) is 0 Å². The minimum Gasteiger partial charge on any atom is -0.480 e. The van der Waals surface area contributed by atoms with Crippen molar-refractivity contribution in [1.29, 1.82) is 0 Å². The summed E-state index contributed by atoms with van der Waals surface area (Å²) in [4.78, 5) is 13.3. The van der Waals surface area contributed by atoms with Crippen molar-refractivity contribution in [2.24, 2.45) is 11.7 Å². The number of hydrogen-bond donors (Lipinski definition) is 2. The van der Waals surface area contributed by atoms with Crippen LogP contribution in [0.4, 0.5) is 0 Å². The van der Waals surface area contributed by atoms with Crippen LogP contribution in [-0.2, 0) is 16.8 Å². The summed E-state index contributed by atoms with van der Waals surface area (Å²) in [6, 6.07) is 8.11. The predicted molar refractivity (Wildman–Crippen MR) is 88.8 cm³/mol. The Labute approximate surface area is 133 Å². The highest BCUT2D eigenvalue weighted by Crippen LogP contribution is 2.24. The summed E-state index contributed by atoms with van der Waals surface area (Å²) in [5.74, 6) is -0.770. The Bertz CT molecular complexity index is 497. The Morgan fingerprint density at radius 3 is 2.27 bits per heavy atom. The Morgan fingerprint density at radius 2 is 1.82 bits per heavy atom. The number of nitrogens with zero attached hydrogens (tertiary/aromatic N) is 1. The molecule has 0 saturated carbocycles. The number of hydrogen-bond acceptors (Lipinski definition) is 3. The molecule has 122 valence electrons. The van der Waals surface area contributed by atoms with Crippen LogP contribution in [0.5, 0.6) is 0 Å². The first-order valence-electron chi connectivity index (χ1n) is 8.07. The lowest BCUT2D eigenvalue weighted by Crippen LogP contribution is -2.44. The van der Waals surface area contributed by atoms with Crippen molar-refractivity contribution in [3.05, 3.63) is 35.4 Å². The van der Waals surface area contributed by atoms with E-state index in [2.05, 4.69) is 49.9 Å². The lowest BCUT2D eigenvalue weighted by Gasteiger charge is -2.33. The average Bonchev–Trinajstić information content (AvgIpc) is 2.47. The highest BCUT2D eigenvalue weighted by Gasteiger charge is 2.28. The van der Waals surface area contributed by atoms with Gasteiger partial charge in [-0.2, -0.15) is 0 Å². The summed E-state index contributed by atoms with van der Waals surface area (Å²) in [7, 11) is 0. The zero-order valence-corrected chi connectivity index (χ0v) is 13.9. The molecule has 4 nitrogen and oxygen atoms in total. The molecule has 1 fully saturated rings. The maximum Gasteiger partial charge on any atom is 0.320 e. The van der Waals surface area contributed by atoms with Crippen molar-refractivity contribution in [2.45, 2.75) is 51.6 Å². The first-order chi connectivity index (χ1) is 10.3. The smallest absolute Gasteiger partial charge is 0.320 e. The van der Waals surface area contributed by atoms with Crippen LogP contribution in [0, 0.1) is 5.92 Å². The summed E-state index contributed by atoms with van der Waals surface area (Å²) in [5, 5.41) is 8.99. The molecule has 0 aromatic heterocycles. The van der Waals surface area contributed by atoms with Gasteiger partial charge in [-0.3, -0.25) is 9.69 Å². The van der Waals surface area contributed by atoms with Gasteiger partial charge in [0.05, 0.1) is 0 Å². The second kappa shape index (κ2) is 6.80. The van der Waals surface area contributed by atoms with Crippen LogP contribution in [0.1, 0.15) is 44.7 Å². The van der Waals surface area contributed by atoms with Gasteiger partial charge in [0.2, 0.25) is 0 Å². The quantitative estimate of drug-likeness (QED) is 0.897. The fraction of sp³-hybridized carbons (Fsp3) is 0.611. The standard InChI is InChI=1S/C18H28N2O2/c1-18(2,3)15-6-4-13(5-7-15)12-20-10-8-14(9-11-20)16(19)17(21)22/h4-7,14,16H,8-12,19H2,1-3H3,(H,21,22). The summed E-state index contributed by atoms with van der Waals surface area (Å²) in [6.45, 7) is 9.44. The molecule has 1 unspecified atom stereocenters. The lowest BCUT2D eigenvalue weighted by atomic mass is 9.86. The van der Waals surface area contributed by atoms with Gasteiger partial charge >= 0.3 is 5.97 Å². The minimum atomic E-state index is -0.879. The van der Waals surface area contributed by atoms with Crippen molar-refractivity contribution >= 4 is 5.97 Å². The molecule has 1 aliphatic rings. The van der Waals surface area contributed by atoms with Crippen LogP contribution in [0.15, 0.2) is 24.3 Å². The van der Waals surface area contributed by atoms with Crippen molar-refractivity contribution < 1.29 is 9.90 Å². The fourth-order valence-electron chi connectivity index (χ4n) is 3.04. The lowest BCUT2D eigenvalue weighted by molar-refractivity contribution is -0.140. The van der Waals surface area contributed by atoms with Crippen LogP contribution >= 0.6 is 0 Å². The molecule has 4 heteroatoms. The minimum absolute atomic E-state index is 0.108. The molecule has 0 aliphatic carbocycles. The van der Waals surface area contributed by atoms with Gasteiger partial charge in [-0.1, -0.05) is 45.0 Å². The van der Waals surface area contributed by atoms with Gasteiger partial charge < -0.3 is 10.8 Å². The number of rotatable bonds is 4. The summed E-state index contributed by atoms with van der Waals surface area (Å²) < 4.78 is 0. The summed E-state index contributed by atoms with van der Waals surface area (Å²) in [6.07, 6.45) is 1.74. The summed E-state index contributed by atoms with van der Waals surface area (Å²) in [5.41, 5.74) is 8.58. The second-order valence-electron chi connectivity index (χ2n) is 7.42. The Balaban J connectivity index is 1.87. The van der Waals surface area contributed by atoms with E-state index in [1.807, 2.05) is 0 Å². The van der Waals surface area contributed by atoms with Gasteiger partial charge in [-0.15, -0.1) is 0 Å². The molecule has 22 heavy (non-hydrogen) atoms. The van der Waals surface area contributed by atoms with E-state index >= 15 is 0 Å². The maximum atomic E-state index is 10.9. The number of likely N-dealkylation sites (tertiary alicyclic amines) is 1. The topological polar surface area (TPSA) is 66.6 Å². The Kier molecular flexibility index (Phi) is 5.24. The van der Waals surface area contributed by atoms with Crippen LogP contribution < -0.4 is 5.73 Å². The van der Waals surface area contributed by atoms with E-state index in [-0.39, 0.29) is 11.3 Å². The van der Waals surface area contributed by atoms with E-state index in [0.717, 1.165) is 32.5 Å². The van der Waals surface area contributed by atoms with E-state index in [9.17, 15) is 4.79 Å². The van der Waals surface area contributed by atoms with E-state index in [1.165, 1.54) is 11.1 Å². The first kappa shape index (κ1) is 17.0. The van der Waals surface area contributed by atoms with Crippen molar-refractivity contribution in [2.75, 3.05) is 13.1 Å². The molecule has 1 aliphatic heterocycles. The predicted octanol–water partition coefficient (Wildman–Crippen LogP) is 2.61. The molecule has 0 radical (unpaired) electrons. The number of carboxylic acid groups (broad SMARTS) is 1. The van der Waals surface area contributed by atoms with Gasteiger partial charge in [-0.25, -0.2) is 0 Å². The van der Waals surface area contributed by atoms with Gasteiger partial charge in [-0.05, 0) is 48.4 Å². The number of piperidine rings is 1. The van der Waals surface area contributed by atoms with Crippen LogP contribution in [0.2, 0.25) is 0 Å². The Morgan fingerprint density at radius 1 is 1.27 bits per heavy atom. The highest BCUT2D eigenvalue weighted by atomic mass is 16.4. The maximum absolute atomic E-state index is 10.9. The van der Waals surface area contributed by atoms with E-state index in [0.29, 0.717) is 0 Å². The van der Waals surface area contributed by atoms with Gasteiger partial charge in [0.1, 0.15) is 6.04 Å². The zero-order chi connectivity index (χ0) is 16.3.